The predicted molar refractivity (Wildman–Crippen MR) is 84.7 cm³/mol. The first-order valence-corrected chi connectivity index (χ1v) is 7.66. The van der Waals surface area contributed by atoms with Crippen molar-refractivity contribution in [3.8, 4) is 0 Å². The molecule has 1 amide bonds. The van der Waals surface area contributed by atoms with Gasteiger partial charge in [-0.05, 0) is 53.6 Å². The zero-order valence-corrected chi connectivity index (χ0v) is 13.1. The lowest BCUT2D eigenvalue weighted by Crippen LogP contribution is -2.40. The first-order chi connectivity index (χ1) is 9.49. The van der Waals surface area contributed by atoms with Gasteiger partial charge in [-0.2, -0.15) is 0 Å². The lowest BCUT2D eigenvalue weighted by molar-refractivity contribution is -0.121. The van der Waals surface area contributed by atoms with Gasteiger partial charge in [-0.1, -0.05) is 12.8 Å². The highest BCUT2D eigenvalue weighted by atomic mass is 127. The molecule has 1 saturated carbocycles. The van der Waals surface area contributed by atoms with Gasteiger partial charge in [-0.15, -0.1) is 0 Å². The molecule has 0 heterocycles. The molecule has 20 heavy (non-hydrogen) atoms. The molecule has 5 nitrogen and oxygen atoms in total. The Hall–Kier alpha value is -1.15. The van der Waals surface area contributed by atoms with Crippen molar-refractivity contribution < 1.29 is 14.7 Å². The smallest absolute Gasteiger partial charge is 0.337 e. The van der Waals surface area contributed by atoms with Crippen molar-refractivity contribution in [2.24, 2.45) is 11.7 Å². The molecule has 4 N–H and O–H groups in total. The second-order valence-electron chi connectivity index (χ2n) is 5.04. The fourth-order valence-electron chi connectivity index (χ4n) is 2.51. The molecule has 0 spiro atoms. The fraction of sp³-hybridized carbons (Fsp3) is 0.429. The predicted octanol–water partition coefficient (Wildman–Crippen LogP) is 2.45. The van der Waals surface area contributed by atoms with Crippen molar-refractivity contribution in [1.82, 2.24) is 0 Å². The van der Waals surface area contributed by atoms with Gasteiger partial charge in [0.25, 0.3) is 0 Å². The van der Waals surface area contributed by atoms with Gasteiger partial charge in [0.1, 0.15) is 0 Å². The number of nitrogens with one attached hydrogen (secondary N) is 1. The summed E-state index contributed by atoms with van der Waals surface area (Å²) in [6, 6.07) is 4.79. The van der Waals surface area contributed by atoms with Crippen LogP contribution in [0.1, 0.15) is 36.0 Å². The number of hydrogen-bond acceptors (Lipinski definition) is 3. The van der Waals surface area contributed by atoms with Crippen molar-refractivity contribution >= 4 is 40.2 Å². The molecule has 6 heteroatoms. The Balaban J connectivity index is 2.17. The quantitative estimate of drug-likeness (QED) is 0.694. The SMILES string of the molecule is NC1CCCCC1C(=O)Nc1ccc(I)cc1C(=O)O. The zero-order chi connectivity index (χ0) is 14.7. The van der Waals surface area contributed by atoms with Crippen LogP contribution in [0.2, 0.25) is 0 Å². The molecule has 2 rings (SSSR count). The van der Waals surface area contributed by atoms with Crippen LogP contribution in [0.4, 0.5) is 5.69 Å². The number of amides is 1. The molecule has 0 bridgehead atoms. The van der Waals surface area contributed by atoms with E-state index in [9.17, 15) is 14.7 Å². The van der Waals surface area contributed by atoms with Crippen LogP contribution >= 0.6 is 22.6 Å². The largest absolute Gasteiger partial charge is 0.478 e. The maximum atomic E-state index is 12.3. The number of rotatable bonds is 3. The number of aromatic carboxylic acids is 1. The van der Waals surface area contributed by atoms with E-state index in [1.807, 2.05) is 22.6 Å². The molecule has 2 atom stereocenters. The highest BCUT2D eigenvalue weighted by Gasteiger charge is 2.28. The third kappa shape index (κ3) is 3.49. The van der Waals surface area contributed by atoms with E-state index in [0.717, 1.165) is 29.3 Å². The van der Waals surface area contributed by atoms with Crippen LogP contribution in [0.25, 0.3) is 0 Å². The van der Waals surface area contributed by atoms with E-state index in [4.69, 9.17) is 5.73 Å². The van der Waals surface area contributed by atoms with Gasteiger partial charge in [0.15, 0.2) is 0 Å². The molecule has 1 aliphatic carbocycles. The molecular formula is C14H17IN2O3. The van der Waals surface area contributed by atoms with E-state index in [-0.39, 0.29) is 23.4 Å². The number of halogens is 1. The lowest BCUT2D eigenvalue weighted by Gasteiger charge is -2.27. The summed E-state index contributed by atoms with van der Waals surface area (Å²) in [6.45, 7) is 0. The maximum Gasteiger partial charge on any atom is 0.337 e. The Morgan fingerprint density at radius 1 is 1.30 bits per heavy atom. The highest BCUT2D eigenvalue weighted by Crippen LogP contribution is 2.26. The Kier molecular flexibility index (Phi) is 4.98. The first-order valence-electron chi connectivity index (χ1n) is 6.58. The second kappa shape index (κ2) is 6.53. The molecule has 1 aliphatic rings. The van der Waals surface area contributed by atoms with Crippen LogP contribution in [0.15, 0.2) is 18.2 Å². The van der Waals surface area contributed by atoms with Crippen LogP contribution in [-0.4, -0.2) is 23.0 Å². The summed E-state index contributed by atoms with van der Waals surface area (Å²) in [5.41, 5.74) is 6.42. The van der Waals surface area contributed by atoms with Crippen molar-refractivity contribution in [2.45, 2.75) is 31.7 Å². The molecule has 108 valence electrons. The van der Waals surface area contributed by atoms with Crippen molar-refractivity contribution in [2.75, 3.05) is 5.32 Å². The first kappa shape index (κ1) is 15.2. The summed E-state index contributed by atoms with van der Waals surface area (Å²) in [4.78, 5) is 23.5. The third-order valence-corrected chi connectivity index (χ3v) is 4.30. The van der Waals surface area contributed by atoms with E-state index in [1.54, 1.807) is 18.2 Å². The molecule has 0 radical (unpaired) electrons. The summed E-state index contributed by atoms with van der Waals surface area (Å²) in [7, 11) is 0. The Morgan fingerprint density at radius 3 is 2.65 bits per heavy atom. The minimum Gasteiger partial charge on any atom is -0.478 e. The van der Waals surface area contributed by atoms with E-state index < -0.39 is 5.97 Å². The van der Waals surface area contributed by atoms with Gasteiger partial charge < -0.3 is 16.2 Å². The number of carboxylic acid groups (broad SMARTS) is 1. The Labute approximate surface area is 131 Å². The van der Waals surface area contributed by atoms with Gasteiger partial charge in [-0.25, -0.2) is 4.79 Å². The molecule has 2 unspecified atom stereocenters. The standard InChI is InChI=1S/C14H17IN2O3/c15-8-5-6-12(10(7-8)14(19)20)17-13(18)9-3-1-2-4-11(9)16/h5-7,9,11H,1-4,16H2,(H,17,18)(H,19,20). The van der Waals surface area contributed by atoms with Gasteiger partial charge >= 0.3 is 5.97 Å². The maximum absolute atomic E-state index is 12.3. The molecule has 1 aromatic carbocycles. The minimum absolute atomic E-state index is 0.106. The van der Waals surface area contributed by atoms with E-state index in [1.165, 1.54) is 0 Å². The minimum atomic E-state index is -1.05. The average Bonchev–Trinajstić information content (AvgIpc) is 2.41. The summed E-state index contributed by atoms with van der Waals surface area (Å²) >= 11 is 2.04. The second-order valence-corrected chi connectivity index (χ2v) is 6.28. The van der Waals surface area contributed by atoms with E-state index in [2.05, 4.69) is 5.32 Å². The number of carbonyl (C=O) groups is 2. The van der Waals surface area contributed by atoms with Crippen LogP contribution in [0.5, 0.6) is 0 Å². The van der Waals surface area contributed by atoms with Gasteiger partial charge in [-0.3, -0.25) is 4.79 Å². The Bertz CT molecular complexity index is 533. The average molecular weight is 388 g/mol. The third-order valence-electron chi connectivity index (χ3n) is 3.63. The number of carbonyl (C=O) groups excluding carboxylic acids is 1. The van der Waals surface area contributed by atoms with Crippen LogP contribution in [0.3, 0.4) is 0 Å². The van der Waals surface area contributed by atoms with Crippen molar-refractivity contribution in [3.05, 3.63) is 27.3 Å². The highest BCUT2D eigenvalue weighted by molar-refractivity contribution is 14.1. The van der Waals surface area contributed by atoms with Crippen molar-refractivity contribution in [1.29, 1.82) is 0 Å². The molecule has 0 aromatic heterocycles. The van der Waals surface area contributed by atoms with E-state index >= 15 is 0 Å². The van der Waals surface area contributed by atoms with E-state index in [0.29, 0.717) is 5.69 Å². The van der Waals surface area contributed by atoms with Crippen LogP contribution in [0, 0.1) is 9.49 Å². The van der Waals surface area contributed by atoms with Gasteiger partial charge in [0.2, 0.25) is 5.91 Å². The van der Waals surface area contributed by atoms with Gasteiger partial charge in [0, 0.05) is 9.61 Å². The van der Waals surface area contributed by atoms with Crippen molar-refractivity contribution in [3.63, 3.8) is 0 Å². The summed E-state index contributed by atoms with van der Waals surface area (Å²) in [5.74, 6) is -1.46. The van der Waals surface area contributed by atoms with Crippen LogP contribution in [-0.2, 0) is 4.79 Å². The molecule has 0 saturated heterocycles. The normalized spacial score (nSPS) is 22.3. The Morgan fingerprint density at radius 2 is 2.00 bits per heavy atom. The lowest BCUT2D eigenvalue weighted by atomic mass is 9.84. The number of anilines is 1. The fourth-order valence-corrected chi connectivity index (χ4v) is 3.00. The summed E-state index contributed by atoms with van der Waals surface area (Å²) < 4.78 is 0.812. The summed E-state index contributed by atoms with van der Waals surface area (Å²) in [6.07, 6.45) is 3.65. The molecule has 1 fully saturated rings. The summed E-state index contributed by atoms with van der Waals surface area (Å²) in [5, 5.41) is 11.9. The molecule has 1 aromatic rings. The zero-order valence-electron chi connectivity index (χ0n) is 10.9. The number of nitrogens with two attached hydrogens (primary N) is 1. The number of carboxylic acids is 1. The molecule has 0 aliphatic heterocycles. The number of benzene rings is 1. The topological polar surface area (TPSA) is 92.4 Å². The van der Waals surface area contributed by atoms with Crippen LogP contribution < -0.4 is 11.1 Å². The molecular weight excluding hydrogens is 371 g/mol. The monoisotopic (exact) mass is 388 g/mol. The van der Waals surface area contributed by atoms with Gasteiger partial charge in [0.05, 0.1) is 17.2 Å². The number of hydrogen-bond donors (Lipinski definition) is 3.